The maximum atomic E-state index is 6.08. The predicted molar refractivity (Wildman–Crippen MR) is 117 cm³/mol. The van der Waals surface area contributed by atoms with E-state index in [2.05, 4.69) is 39.5 Å². The molecule has 1 fully saturated rings. The summed E-state index contributed by atoms with van der Waals surface area (Å²) in [5, 5.41) is 3.50. The van der Waals surface area contributed by atoms with Gasteiger partial charge in [0.1, 0.15) is 0 Å². The van der Waals surface area contributed by atoms with Crippen LogP contribution in [-0.4, -0.2) is 49.3 Å². The molecule has 0 saturated carbocycles. The molecule has 5 heteroatoms. The van der Waals surface area contributed by atoms with Crippen LogP contribution in [0.25, 0.3) is 0 Å². The monoisotopic (exact) mass is 395 g/mol. The third-order valence-corrected chi connectivity index (χ3v) is 6.14. The largest absolute Gasteiger partial charge is 0.490 e. The number of aromatic nitrogens is 1. The van der Waals surface area contributed by atoms with Crippen molar-refractivity contribution >= 4 is 5.82 Å². The minimum Gasteiger partial charge on any atom is -0.490 e. The van der Waals surface area contributed by atoms with Gasteiger partial charge >= 0.3 is 0 Å². The summed E-state index contributed by atoms with van der Waals surface area (Å²) in [6.45, 7) is 7.94. The molecule has 1 aromatic carbocycles. The first-order chi connectivity index (χ1) is 14.3. The Hall–Kier alpha value is -2.11. The van der Waals surface area contributed by atoms with E-state index in [-0.39, 0.29) is 6.10 Å². The normalized spacial score (nSPS) is 20.2. The summed E-state index contributed by atoms with van der Waals surface area (Å²) in [5.41, 5.74) is 2.87. The second kappa shape index (κ2) is 10.1. The van der Waals surface area contributed by atoms with Crippen LogP contribution in [0.3, 0.4) is 0 Å². The fraction of sp³-hybridized carbons (Fsp3) is 0.542. The van der Waals surface area contributed by atoms with Gasteiger partial charge in [0.25, 0.3) is 0 Å². The Morgan fingerprint density at radius 2 is 2.03 bits per heavy atom. The number of fused-ring (bicyclic) bond motifs is 1. The topological polar surface area (TPSA) is 46.6 Å². The highest BCUT2D eigenvalue weighted by Crippen LogP contribution is 2.30. The van der Waals surface area contributed by atoms with E-state index in [1.807, 2.05) is 25.3 Å². The maximum Gasteiger partial charge on any atom is 0.168 e. The van der Waals surface area contributed by atoms with E-state index in [4.69, 9.17) is 9.47 Å². The lowest BCUT2D eigenvalue weighted by atomic mass is 9.94. The number of pyridine rings is 1. The van der Waals surface area contributed by atoms with Crippen molar-refractivity contribution in [2.75, 3.05) is 44.7 Å². The van der Waals surface area contributed by atoms with E-state index < -0.39 is 0 Å². The summed E-state index contributed by atoms with van der Waals surface area (Å²) >= 11 is 0. The lowest BCUT2D eigenvalue weighted by molar-refractivity contribution is 0.0268. The number of nitrogens with zero attached hydrogens (tertiary/aromatic N) is 2. The van der Waals surface area contributed by atoms with Crippen molar-refractivity contribution in [3.63, 3.8) is 0 Å². The second-order valence-electron chi connectivity index (χ2n) is 8.05. The summed E-state index contributed by atoms with van der Waals surface area (Å²) < 4.78 is 11.7. The van der Waals surface area contributed by atoms with Crippen LogP contribution in [0.1, 0.15) is 43.4 Å². The molecular formula is C24H33N3O2. The van der Waals surface area contributed by atoms with Gasteiger partial charge in [-0.3, -0.25) is 0 Å². The Morgan fingerprint density at radius 1 is 1.17 bits per heavy atom. The first-order valence-electron chi connectivity index (χ1n) is 11.1. The highest BCUT2D eigenvalue weighted by Gasteiger charge is 2.23. The van der Waals surface area contributed by atoms with Gasteiger partial charge in [-0.05, 0) is 74.9 Å². The lowest BCUT2D eigenvalue weighted by Gasteiger charge is -2.34. The van der Waals surface area contributed by atoms with Gasteiger partial charge in [0.05, 0.1) is 19.3 Å². The molecule has 0 aliphatic carbocycles. The Kier molecular flexibility index (Phi) is 7.01. The molecule has 1 atom stereocenters. The summed E-state index contributed by atoms with van der Waals surface area (Å²) in [6, 6.07) is 12.7. The van der Waals surface area contributed by atoms with E-state index in [1.165, 1.54) is 37.1 Å². The van der Waals surface area contributed by atoms with Crippen LogP contribution in [0.4, 0.5) is 5.82 Å². The zero-order valence-electron chi connectivity index (χ0n) is 17.5. The van der Waals surface area contributed by atoms with Gasteiger partial charge in [0.2, 0.25) is 0 Å². The van der Waals surface area contributed by atoms with Gasteiger partial charge in [-0.15, -0.1) is 0 Å². The molecule has 2 aromatic rings. The van der Waals surface area contributed by atoms with Crippen LogP contribution in [0.5, 0.6) is 5.75 Å². The summed E-state index contributed by atoms with van der Waals surface area (Å²) in [4.78, 5) is 7.04. The quantitative estimate of drug-likeness (QED) is 0.722. The number of ether oxygens (including phenoxy) is 2. The molecule has 156 valence electrons. The number of likely N-dealkylation sites (tertiary alicyclic amines) is 1. The van der Waals surface area contributed by atoms with Crippen LogP contribution in [0, 0.1) is 5.92 Å². The zero-order chi connectivity index (χ0) is 19.9. The molecular weight excluding hydrogens is 362 g/mol. The molecule has 0 spiro atoms. The molecule has 0 radical (unpaired) electrons. The van der Waals surface area contributed by atoms with Crippen molar-refractivity contribution in [1.82, 2.24) is 9.88 Å². The standard InChI is InChI=1S/C24H33N3O2/c1-2-28-23-8-5-13-25-24(23)26-18-19-9-14-27(15-10-19)16-11-22-21-7-4-3-6-20(21)12-17-29-22/h3-8,13,19,22H,2,9-12,14-18H2,1H3,(H,25,26). The fourth-order valence-corrected chi connectivity index (χ4v) is 4.47. The second-order valence-corrected chi connectivity index (χ2v) is 8.05. The van der Waals surface area contributed by atoms with Gasteiger partial charge in [-0.2, -0.15) is 0 Å². The highest BCUT2D eigenvalue weighted by molar-refractivity contribution is 5.49. The SMILES string of the molecule is CCOc1cccnc1NCC1CCN(CCC2OCCc3ccccc32)CC1. The van der Waals surface area contributed by atoms with Crippen molar-refractivity contribution in [2.45, 2.75) is 38.7 Å². The number of benzene rings is 1. The van der Waals surface area contributed by atoms with Gasteiger partial charge in [0.15, 0.2) is 11.6 Å². The van der Waals surface area contributed by atoms with Crippen LogP contribution in [-0.2, 0) is 11.2 Å². The molecule has 1 N–H and O–H groups in total. The molecule has 1 unspecified atom stereocenters. The third-order valence-electron chi connectivity index (χ3n) is 6.14. The first-order valence-corrected chi connectivity index (χ1v) is 11.1. The molecule has 0 amide bonds. The van der Waals surface area contributed by atoms with E-state index in [0.717, 1.165) is 44.1 Å². The van der Waals surface area contributed by atoms with Crippen LogP contribution < -0.4 is 10.1 Å². The van der Waals surface area contributed by atoms with Gasteiger partial charge in [-0.25, -0.2) is 4.98 Å². The molecule has 1 aromatic heterocycles. The van der Waals surface area contributed by atoms with E-state index in [1.54, 1.807) is 0 Å². The Morgan fingerprint density at radius 3 is 2.90 bits per heavy atom. The molecule has 4 rings (SSSR count). The van der Waals surface area contributed by atoms with Crippen LogP contribution in [0.2, 0.25) is 0 Å². The Bertz CT molecular complexity index is 774. The van der Waals surface area contributed by atoms with Crippen molar-refractivity contribution in [1.29, 1.82) is 0 Å². The van der Waals surface area contributed by atoms with Crippen molar-refractivity contribution in [3.05, 3.63) is 53.7 Å². The summed E-state index contributed by atoms with van der Waals surface area (Å²) in [5.74, 6) is 2.40. The molecule has 29 heavy (non-hydrogen) atoms. The minimum atomic E-state index is 0.264. The molecule has 1 saturated heterocycles. The number of anilines is 1. The smallest absolute Gasteiger partial charge is 0.168 e. The van der Waals surface area contributed by atoms with Crippen molar-refractivity contribution < 1.29 is 9.47 Å². The Balaban J connectivity index is 1.21. The maximum absolute atomic E-state index is 6.08. The number of piperidine rings is 1. The number of nitrogens with one attached hydrogen (secondary N) is 1. The number of hydrogen-bond donors (Lipinski definition) is 1. The fourth-order valence-electron chi connectivity index (χ4n) is 4.47. The summed E-state index contributed by atoms with van der Waals surface area (Å²) in [7, 11) is 0. The first kappa shape index (κ1) is 20.2. The molecule has 2 aliphatic heterocycles. The average molecular weight is 396 g/mol. The number of rotatable bonds is 8. The zero-order valence-corrected chi connectivity index (χ0v) is 17.5. The predicted octanol–water partition coefficient (Wildman–Crippen LogP) is 4.31. The lowest BCUT2D eigenvalue weighted by Crippen LogP contribution is -2.37. The highest BCUT2D eigenvalue weighted by atomic mass is 16.5. The van der Waals surface area contributed by atoms with Gasteiger partial charge in [-0.1, -0.05) is 24.3 Å². The molecule has 5 nitrogen and oxygen atoms in total. The number of hydrogen-bond acceptors (Lipinski definition) is 5. The van der Waals surface area contributed by atoms with Gasteiger partial charge < -0.3 is 19.7 Å². The average Bonchev–Trinajstić information content (AvgIpc) is 2.78. The Labute approximate surface area is 174 Å². The van der Waals surface area contributed by atoms with E-state index in [0.29, 0.717) is 12.5 Å². The molecule has 0 bridgehead atoms. The van der Waals surface area contributed by atoms with E-state index in [9.17, 15) is 0 Å². The van der Waals surface area contributed by atoms with Crippen LogP contribution in [0.15, 0.2) is 42.6 Å². The van der Waals surface area contributed by atoms with Crippen molar-refractivity contribution in [3.8, 4) is 5.75 Å². The molecule has 2 aliphatic rings. The minimum absolute atomic E-state index is 0.264. The van der Waals surface area contributed by atoms with Crippen LogP contribution >= 0.6 is 0 Å². The third kappa shape index (κ3) is 5.28. The molecule has 3 heterocycles. The summed E-state index contributed by atoms with van der Waals surface area (Å²) in [6.07, 6.45) is 6.68. The van der Waals surface area contributed by atoms with Gasteiger partial charge in [0, 0.05) is 19.3 Å². The van der Waals surface area contributed by atoms with Crippen molar-refractivity contribution in [2.24, 2.45) is 5.92 Å². The van der Waals surface area contributed by atoms with E-state index >= 15 is 0 Å².